The van der Waals surface area contributed by atoms with E-state index in [0.717, 1.165) is 28.1 Å². The molecule has 1 unspecified atom stereocenters. The molecule has 0 aliphatic carbocycles. The molecule has 0 saturated heterocycles. The molecule has 2 aromatic carbocycles. The van der Waals surface area contributed by atoms with Gasteiger partial charge in [0.1, 0.15) is 11.5 Å². The molecule has 0 bridgehead atoms. The SMILES string of the molecule is CCOc1ccccc1-c1csc(NC(=O)C(C)Oc2cc(C)c(Cl)c(C)c2)n1. The van der Waals surface area contributed by atoms with Crippen LogP contribution in [0.3, 0.4) is 0 Å². The molecule has 0 radical (unpaired) electrons. The van der Waals surface area contributed by atoms with E-state index in [9.17, 15) is 4.79 Å². The van der Waals surface area contributed by atoms with Gasteiger partial charge in [-0.1, -0.05) is 23.7 Å². The van der Waals surface area contributed by atoms with Crippen molar-refractivity contribution < 1.29 is 14.3 Å². The van der Waals surface area contributed by atoms with Crippen LogP contribution in [0.5, 0.6) is 11.5 Å². The van der Waals surface area contributed by atoms with E-state index in [-0.39, 0.29) is 5.91 Å². The van der Waals surface area contributed by atoms with E-state index in [1.165, 1.54) is 11.3 Å². The number of para-hydroxylation sites is 1. The van der Waals surface area contributed by atoms with Crippen LogP contribution in [0.25, 0.3) is 11.3 Å². The van der Waals surface area contributed by atoms with Crippen molar-refractivity contribution in [2.45, 2.75) is 33.8 Å². The summed E-state index contributed by atoms with van der Waals surface area (Å²) in [5.74, 6) is 1.11. The van der Waals surface area contributed by atoms with Gasteiger partial charge in [0.25, 0.3) is 5.91 Å². The molecule has 1 heterocycles. The minimum absolute atomic E-state index is 0.269. The number of amides is 1. The number of halogens is 1. The topological polar surface area (TPSA) is 60.5 Å². The Balaban J connectivity index is 1.69. The molecule has 3 aromatic rings. The molecule has 3 rings (SSSR count). The number of benzene rings is 2. The number of ether oxygens (including phenoxy) is 2. The van der Waals surface area contributed by atoms with Crippen molar-refractivity contribution in [2.75, 3.05) is 11.9 Å². The van der Waals surface area contributed by atoms with Gasteiger partial charge in [0.2, 0.25) is 0 Å². The van der Waals surface area contributed by atoms with Crippen molar-refractivity contribution >= 4 is 34.0 Å². The molecular weight excluding hydrogens is 408 g/mol. The third-order valence-corrected chi connectivity index (χ3v) is 5.64. The van der Waals surface area contributed by atoms with Crippen LogP contribution in [-0.2, 0) is 4.79 Å². The molecule has 1 atom stereocenters. The molecule has 0 fully saturated rings. The summed E-state index contributed by atoms with van der Waals surface area (Å²) >= 11 is 7.55. The summed E-state index contributed by atoms with van der Waals surface area (Å²) in [5.41, 5.74) is 3.47. The fourth-order valence-electron chi connectivity index (χ4n) is 2.85. The Hall–Kier alpha value is -2.57. The number of nitrogens with one attached hydrogen (secondary N) is 1. The van der Waals surface area contributed by atoms with E-state index >= 15 is 0 Å². The summed E-state index contributed by atoms with van der Waals surface area (Å²) in [5, 5.41) is 5.93. The maximum absolute atomic E-state index is 12.5. The first-order valence-electron chi connectivity index (χ1n) is 9.31. The molecule has 1 amide bonds. The smallest absolute Gasteiger partial charge is 0.266 e. The number of carbonyl (C=O) groups is 1. The lowest BCUT2D eigenvalue weighted by Gasteiger charge is -2.15. The Bertz CT molecular complexity index is 996. The summed E-state index contributed by atoms with van der Waals surface area (Å²) < 4.78 is 11.5. The molecule has 7 heteroatoms. The largest absolute Gasteiger partial charge is 0.493 e. The minimum atomic E-state index is -0.682. The number of thiazole rings is 1. The maximum Gasteiger partial charge on any atom is 0.266 e. The molecule has 152 valence electrons. The Kier molecular flexibility index (Phi) is 6.77. The number of rotatable bonds is 7. The van der Waals surface area contributed by atoms with Crippen molar-refractivity contribution in [1.29, 1.82) is 0 Å². The van der Waals surface area contributed by atoms with Gasteiger partial charge in [-0.2, -0.15) is 0 Å². The summed E-state index contributed by atoms with van der Waals surface area (Å²) in [7, 11) is 0. The second-order valence-electron chi connectivity index (χ2n) is 6.59. The Morgan fingerprint density at radius 2 is 1.93 bits per heavy atom. The van der Waals surface area contributed by atoms with Crippen LogP contribution in [0, 0.1) is 13.8 Å². The predicted molar refractivity (Wildman–Crippen MR) is 118 cm³/mol. The molecule has 1 N–H and O–H groups in total. The van der Waals surface area contributed by atoms with Crippen molar-refractivity contribution in [3.05, 3.63) is 57.9 Å². The third kappa shape index (κ3) is 5.08. The predicted octanol–water partition coefficient (Wildman–Crippen LogP) is 5.89. The number of anilines is 1. The van der Waals surface area contributed by atoms with Gasteiger partial charge < -0.3 is 9.47 Å². The summed E-state index contributed by atoms with van der Waals surface area (Å²) in [6, 6.07) is 11.4. The van der Waals surface area contributed by atoms with Gasteiger partial charge in [-0.3, -0.25) is 10.1 Å². The normalized spacial score (nSPS) is 11.8. The van der Waals surface area contributed by atoms with Crippen molar-refractivity contribution in [1.82, 2.24) is 4.98 Å². The fourth-order valence-corrected chi connectivity index (χ4v) is 3.68. The average Bonchev–Trinajstić information content (AvgIpc) is 3.15. The van der Waals surface area contributed by atoms with Crippen molar-refractivity contribution in [3.8, 4) is 22.8 Å². The number of aromatic nitrogens is 1. The Morgan fingerprint density at radius 1 is 1.24 bits per heavy atom. The van der Waals surface area contributed by atoms with E-state index in [1.807, 2.05) is 62.5 Å². The number of hydrogen-bond acceptors (Lipinski definition) is 5. The zero-order chi connectivity index (χ0) is 21.0. The van der Waals surface area contributed by atoms with Crippen molar-refractivity contribution in [3.63, 3.8) is 0 Å². The lowest BCUT2D eigenvalue weighted by atomic mass is 10.1. The second-order valence-corrected chi connectivity index (χ2v) is 7.82. The summed E-state index contributed by atoms with van der Waals surface area (Å²) in [6.07, 6.45) is -0.682. The molecule has 5 nitrogen and oxygen atoms in total. The van der Waals surface area contributed by atoms with Crippen LogP contribution in [0.15, 0.2) is 41.8 Å². The van der Waals surface area contributed by atoms with Crippen LogP contribution in [0.4, 0.5) is 5.13 Å². The molecule has 0 saturated carbocycles. The minimum Gasteiger partial charge on any atom is -0.493 e. The monoisotopic (exact) mass is 430 g/mol. The maximum atomic E-state index is 12.5. The highest BCUT2D eigenvalue weighted by molar-refractivity contribution is 7.14. The average molecular weight is 431 g/mol. The fraction of sp³-hybridized carbons (Fsp3) is 0.273. The summed E-state index contributed by atoms with van der Waals surface area (Å²) in [6.45, 7) is 8.03. The molecule has 29 heavy (non-hydrogen) atoms. The van der Waals surface area contributed by atoms with Gasteiger partial charge in [0, 0.05) is 16.0 Å². The van der Waals surface area contributed by atoms with Crippen LogP contribution < -0.4 is 14.8 Å². The quantitative estimate of drug-likeness (QED) is 0.508. The Morgan fingerprint density at radius 3 is 2.62 bits per heavy atom. The molecule has 0 aliphatic heterocycles. The number of aryl methyl sites for hydroxylation is 2. The lowest BCUT2D eigenvalue weighted by molar-refractivity contribution is -0.122. The van der Waals surface area contributed by atoms with Crippen molar-refractivity contribution in [2.24, 2.45) is 0 Å². The molecule has 1 aromatic heterocycles. The van der Waals surface area contributed by atoms with Crippen LogP contribution in [0.2, 0.25) is 5.02 Å². The molecule has 0 spiro atoms. The van der Waals surface area contributed by atoms with Gasteiger partial charge in [0.15, 0.2) is 11.2 Å². The van der Waals surface area contributed by atoms with E-state index in [0.29, 0.717) is 22.5 Å². The first-order valence-corrected chi connectivity index (χ1v) is 10.6. The highest BCUT2D eigenvalue weighted by atomic mass is 35.5. The number of nitrogens with zero attached hydrogens (tertiary/aromatic N) is 1. The first-order chi connectivity index (χ1) is 13.9. The van der Waals surface area contributed by atoms with E-state index in [4.69, 9.17) is 21.1 Å². The second kappa shape index (κ2) is 9.29. The van der Waals surface area contributed by atoms with E-state index < -0.39 is 6.10 Å². The molecular formula is C22H23ClN2O3S. The van der Waals surface area contributed by atoms with Gasteiger partial charge in [-0.25, -0.2) is 4.98 Å². The zero-order valence-corrected chi connectivity index (χ0v) is 18.4. The molecule has 0 aliphatic rings. The van der Waals surface area contributed by atoms with Crippen LogP contribution in [0.1, 0.15) is 25.0 Å². The zero-order valence-electron chi connectivity index (χ0n) is 16.8. The highest BCUT2D eigenvalue weighted by Crippen LogP contribution is 2.32. The van der Waals surface area contributed by atoms with Gasteiger partial charge in [-0.05, 0) is 63.1 Å². The van der Waals surface area contributed by atoms with Gasteiger partial charge >= 0.3 is 0 Å². The number of hydrogen-bond donors (Lipinski definition) is 1. The van der Waals surface area contributed by atoms with Gasteiger partial charge in [-0.15, -0.1) is 11.3 Å². The lowest BCUT2D eigenvalue weighted by Crippen LogP contribution is -2.30. The van der Waals surface area contributed by atoms with Crippen LogP contribution >= 0.6 is 22.9 Å². The highest BCUT2D eigenvalue weighted by Gasteiger charge is 2.18. The van der Waals surface area contributed by atoms with E-state index in [2.05, 4.69) is 10.3 Å². The third-order valence-electron chi connectivity index (χ3n) is 4.29. The first kappa shape index (κ1) is 21.1. The standard InChI is InChI=1S/C22H23ClN2O3S/c1-5-27-19-9-7-6-8-17(19)18-12-29-22(24-18)25-21(26)15(4)28-16-10-13(2)20(23)14(3)11-16/h6-12,15H,5H2,1-4H3,(H,24,25,26). The summed E-state index contributed by atoms with van der Waals surface area (Å²) in [4.78, 5) is 17.1. The van der Waals surface area contributed by atoms with E-state index in [1.54, 1.807) is 6.92 Å². The Labute approximate surface area is 179 Å². The van der Waals surface area contributed by atoms with Crippen LogP contribution in [-0.4, -0.2) is 23.6 Å². The van der Waals surface area contributed by atoms with Gasteiger partial charge in [0.05, 0.1) is 12.3 Å². The number of carbonyl (C=O) groups excluding carboxylic acids is 1.